The minimum atomic E-state index is -0.305. The van der Waals surface area contributed by atoms with Crippen molar-refractivity contribution in [3.8, 4) is 5.75 Å². The Morgan fingerprint density at radius 2 is 1.58 bits per heavy atom. The summed E-state index contributed by atoms with van der Waals surface area (Å²) in [5, 5.41) is 15.4. The molecule has 0 heterocycles. The van der Waals surface area contributed by atoms with E-state index in [1.54, 1.807) is 0 Å². The van der Waals surface area contributed by atoms with Crippen LogP contribution in [0, 0.1) is 0 Å². The maximum absolute atomic E-state index is 12.9. The van der Waals surface area contributed by atoms with Crippen LogP contribution in [0.4, 0.5) is 5.69 Å². The molecule has 0 atom stereocenters. The summed E-state index contributed by atoms with van der Waals surface area (Å²) >= 11 is 0. The Morgan fingerprint density at radius 1 is 0.958 bits per heavy atom. The van der Waals surface area contributed by atoms with Gasteiger partial charge in [-0.25, -0.2) is 0 Å². The highest BCUT2D eigenvalue weighted by Gasteiger charge is 2.25. The molecule has 3 aromatic rings. The Morgan fingerprint density at radius 3 is 2.25 bits per heavy atom. The molecule has 0 saturated heterocycles. The molecule has 0 aliphatic rings. The first kappa shape index (κ1) is 16.1. The standard InChI is InChI=1S/C21H21NO2/c1-21(2,3)17-13-14-9-7-8-12-16(14)18(19(17)23)20(24)22-15-10-5-4-6-11-15/h4-13,23H,1-3H3,(H,22,24). The van der Waals surface area contributed by atoms with Crippen LogP contribution in [0.15, 0.2) is 60.7 Å². The number of amides is 1. The van der Waals surface area contributed by atoms with Crippen LogP contribution in [0.2, 0.25) is 0 Å². The largest absolute Gasteiger partial charge is 0.507 e. The molecule has 3 rings (SSSR count). The molecule has 0 saturated carbocycles. The second kappa shape index (κ2) is 6.00. The fourth-order valence-corrected chi connectivity index (χ4v) is 2.85. The van der Waals surface area contributed by atoms with E-state index < -0.39 is 0 Å². The third-order valence-corrected chi connectivity index (χ3v) is 4.09. The zero-order chi connectivity index (χ0) is 17.3. The molecule has 0 bridgehead atoms. The predicted molar refractivity (Wildman–Crippen MR) is 98.7 cm³/mol. The summed E-state index contributed by atoms with van der Waals surface area (Å²) < 4.78 is 0. The van der Waals surface area contributed by atoms with Crippen LogP contribution in [0.5, 0.6) is 5.75 Å². The second-order valence-corrected chi connectivity index (χ2v) is 6.94. The second-order valence-electron chi connectivity index (χ2n) is 6.94. The first-order valence-electron chi connectivity index (χ1n) is 7.99. The van der Waals surface area contributed by atoms with Gasteiger partial charge in [0.15, 0.2) is 0 Å². The van der Waals surface area contributed by atoms with Gasteiger partial charge in [-0.3, -0.25) is 4.79 Å². The van der Waals surface area contributed by atoms with Crippen molar-refractivity contribution < 1.29 is 9.90 Å². The van der Waals surface area contributed by atoms with Gasteiger partial charge in [-0.1, -0.05) is 63.2 Å². The molecule has 0 aliphatic carbocycles. The van der Waals surface area contributed by atoms with Crippen LogP contribution in [-0.2, 0) is 5.41 Å². The van der Waals surface area contributed by atoms with Crippen molar-refractivity contribution in [3.63, 3.8) is 0 Å². The lowest BCUT2D eigenvalue weighted by molar-refractivity contribution is 0.102. The summed E-state index contributed by atoms with van der Waals surface area (Å²) in [4.78, 5) is 12.9. The number of carbonyl (C=O) groups excluding carboxylic acids is 1. The SMILES string of the molecule is CC(C)(C)c1cc2ccccc2c(C(=O)Nc2ccccc2)c1O. The molecule has 0 radical (unpaired) electrons. The number of nitrogens with one attached hydrogen (secondary N) is 1. The third kappa shape index (κ3) is 2.98. The maximum atomic E-state index is 12.9. The minimum absolute atomic E-state index is 0.0506. The number of carbonyl (C=O) groups is 1. The fourth-order valence-electron chi connectivity index (χ4n) is 2.85. The molecular formula is C21H21NO2. The Kier molecular flexibility index (Phi) is 4.02. The zero-order valence-electron chi connectivity index (χ0n) is 14.1. The van der Waals surface area contributed by atoms with Gasteiger partial charge < -0.3 is 10.4 Å². The number of fused-ring (bicyclic) bond motifs is 1. The van der Waals surface area contributed by atoms with Crippen molar-refractivity contribution in [2.75, 3.05) is 5.32 Å². The van der Waals surface area contributed by atoms with Gasteiger partial charge in [0, 0.05) is 11.3 Å². The monoisotopic (exact) mass is 319 g/mol. The van der Waals surface area contributed by atoms with E-state index in [0.717, 1.165) is 16.3 Å². The Balaban J connectivity index is 2.18. The average Bonchev–Trinajstić information content (AvgIpc) is 2.54. The van der Waals surface area contributed by atoms with E-state index in [9.17, 15) is 9.90 Å². The summed E-state index contributed by atoms with van der Waals surface area (Å²) in [5.74, 6) is -0.254. The number of phenolic OH excluding ortho intramolecular Hbond substituents is 1. The molecule has 24 heavy (non-hydrogen) atoms. The number of para-hydroxylation sites is 1. The highest BCUT2D eigenvalue weighted by atomic mass is 16.3. The molecule has 0 aliphatic heterocycles. The molecule has 3 nitrogen and oxygen atoms in total. The van der Waals surface area contributed by atoms with E-state index in [2.05, 4.69) is 5.32 Å². The van der Waals surface area contributed by atoms with Crippen LogP contribution in [0.1, 0.15) is 36.7 Å². The van der Waals surface area contributed by atoms with Gasteiger partial charge in [0.2, 0.25) is 0 Å². The van der Waals surface area contributed by atoms with Crippen LogP contribution < -0.4 is 5.32 Å². The summed E-state index contributed by atoms with van der Waals surface area (Å²) in [7, 11) is 0. The Labute approximate surface area is 142 Å². The molecule has 3 aromatic carbocycles. The lowest BCUT2D eigenvalue weighted by Crippen LogP contribution is -2.17. The molecule has 2 N–H and O–H groups in total. The van der Waals surface area contributed by atoms with E-state index in [-0.39, 0.29) is 17.1 Å². The van der Waals surface area contributed by atoms with Crippen molar-refractivity contribution in [1.82, 2.24) is 0 Å². The highest BCUT2D eigenvalue weighted by molar-refractivity contribution is 6.15. The maximum Gasteiger partial charge on any atom is 0.260 e. The molecule has 0 unspecified atom stereocenters. The van der Waals surface area contributed by atoms with Gasteiger partial charge in [-0.15, -0.1) is 0 Å². The number of hydrogen-bond acceptors (Lipinski definition) is 2. The van der Waals surface area contributed by atoms with E-state index >= 15 is 0 Å². The molecule has 1 amide bonds. The van der Waals surface area contributed by atoms with Crippen molar-refractivity contribution >= 4 is 22.4 Å². The van der Waals surface area contributed by atoms with Crippen molar-refractivity contribution in [2.45, 2.75) is 26.2 Å². The number of rotatable bonds is 2. The van der Waals surface area contributed by atoms with Crippen LogP contribution >= 0.6 is 0 Å². The van der Waals surface area contributed by atoms with E-state index in [4.69, 9.17) is 0 Å². The van der Waals surface area contributed by atoms with Gasteiger partial charge in [-0.05, 0) is 34.4 Å². The normalized spacial score (nSPS) is 11.5. The lowest BCUT2D eigenvalue weighted by atomic mass is 9.83. The van der Waals surface area contributed by atoms with Gasteiger partial charge >= 0.3 is 0 Å². The van der Waals surface area contributed by atoms with E-state index in [0.29, 0.717) is 11.3 Å². The van der Waals surface area contributed by atoms with Crippen LogP contribution in [0.3, 0.4) is 0 Å². The zero-order valence-corrected chi connectivity index (χ0v) is 14.1. The van der Waals surface area contributed by atoms with Gasteiger partial charge in [-0.2, -0.15) is 0 Å². The molecular weight excluding hydrogens is 298 g/mol. The van der Waals surface area contributed by atoms with Crippen molar-refractivity contribution in [2.24, 2.45) is 0 Å². The van der Waals surface area contributed by atoms with Crippen molar-refractivity contribution in [1.29, 1.82) is 0 Å². The smallest absolute Gasteiger partial charge is 0.260 e. The van der Waals surface area contributed by atoms with Gasteiger partial charge in [0.1, 0.15) is 5.75 Å². The number of aromatic hydroxyl groups is 1. The highest BCUT2D eigenvalue weighted by Crippen LogP contribution is 2.38. The minimum Gasteiger partial charge on any atom is -0.507 e. The molecule has 0 fully saturated rings. The number of hydrogen-bond donors (Lipinski definition) is 2. The summed E-state index contributed by atoms with van der Waals surface area (Å²) in [6, 6.07) is 18.9. The Bertz CT molecular complexity index is 893. The summed E-state index contributed by atoms with van der Waals surface area (Å²) in [6.07, 6.45) is 0. The summed E-state index contributed by atoms with van der Waals surface area (Å²) in [6.45, 7) is 6.07. The Hall–Kier alpha value is -2.81. The number of anilines is 1. The van der Waals surface area contributed by atoms with E-state index in [1.165, 1.54) is 0 Å². The average molecular weight is 319 g/mol. The fraction of sp³-hybridized carbons (Fsp3) is 0.190. The van der Waals surface area contributed by atoms with E-state index in [1.807, 2.05) is 81.4 Å². The number of phenols is 1. The predicted octanol–water partition coefficient (Wildman–Crippen LogP) is 5.10. The quantitative estimate of drug-likeness (QED) is 0.691. The van der Waals surface area contributed by atoms with Crippen LogP contribution in [-0.4, -0.2) is 11.0 Å². The van der Waals surface area contributed by atoms with Crippen LogP contribution in [0.25, 0.3) is 10.8 Å². The van der Waals surface area contributed by atoms with Gasteiger partial charge in [0.25, 0.3) is 5.91 Å². The number of benzene rings is 3. The lowest BCUT2D eigenvalue weighted by Gasteiger charge is -2.23. The first-order valence-corrected chi connectivity index (χ1v) is 7.99. The first-order chi connectivity index (χ1) is 11.4. The topological polar surface area (TPSA) is 49.3 Å². The molecule has 0 aromatic heterocycles. The molecule has 3 heteroatoms. The summed E-state index contributed by atoms with van der Waals surface area (Å²) in [5.41, 5.74) is 1.52. The van der Waals surface area contributed by atoms with Crippen molar-refractivity contribution in [3.05, 3.63) is 71.8 Å². The third-order valence-electron chi connectivity index (χ3n) is 4.09. The molecule has 122 valence electrons. The van der Waals surface area contributed by atoms with Gasteiger partial charge in [0.05, 0.1) is 5.56 Å². The molecule has 0 spiro atoms.